The molecule has 19 heavy (non-hydrogen) atoms. The van der Waals surface area contributed by atoms with Crippen molar-refractivity contribution in [3.8, 4) is 0 Å². The van der Waals surface area contributed by atoms with Crippen LogP contribution in [0.3, 0.4) is 0 Å². The molecule has 2 N–H and O–H groups in total. The van der Waals surface area contributed by atoms with E-state index in [-0.39, 0.29) is 25.0 Å². The van der Waals surface area contributed by atoms with Crippen LogP contribution in [-0.2, 0) is 11.2 Å². The Hall–Kier alpha value is -1.49. The third-order valence-corrected chi connectivity index (χ3v) is 2.96. The van der Waals surface area contributed by atoms with Crippen LogP contribution in [0.2, 0.25) is 0 Å². The number of amides is 1. The molecule has 0 heterocycles. The smallest absolute Gasteiger partial charge is 0.220 e. The summed E-state index contributed by atoms with van der Waals surface area (Å²) in [6.07, 6.45) is 1.84. The number of rotatable bonds is 7. The number of aryl methyl sites for hydroxylation is 1. The van der Waals surface area contributed by atoms with Crippen LogP contribution in [0.5, 0.6) is 0 Å². The van der Waals surface area contributed by atoms with Crippen LogP contribution < -0.4 is 5.32 Å². The highest BCUT2D eigenvalue weighted by molar-refractivity contribution is 5.76. The van der Waals surface area contributed by atoms with Crippen molar-refractivity contribution in [1.82, 2.24) is 5.32 Å². The van der Waals surface area contributed by atoms with Crippen molar-refractivity contribution in [1.29, 1.82) is 0 Å². The number of carbonyl (C=O) groups is 1. The molecule has 0 aliphatic carbocycles. The van der Waals surface area contributed by atoms with E-state index in [1.165, 1.54) is 6.07 Å². The topological polar surface area (TPSA) is 49.3 Å². The van der Waals surface area contributed by atoms with Gasteiger partial charge in [-0.3, -0.25) is 4.79 Å². The normalized spacial score (nSPS) is 12.2. The van der Waals surface area contributed by atoms with Crippen molar-refractivity contribution in [2.75, 3.05) is 6.61 Å². The molecule has 0 fully saturated rings. The molecule has 1 amide bonds. The molecule has 0 aromatic heterocycles. The van der Waals surface area contributed by atoms with Gasteiger partial charge in [0, 0.05) is 19.1 Å². The Morgan fingerprint density at radius 3 is 2.68 bits per heavy atom. The minimum absolute atomic E-state index is 0.0297. The lowest BCUT2D eigenvalue weighted by molar-refractivity contribution is -0.121. The van der Waals surface area contributed by atoms with Crippen molar-refractivity contribution >= 4 is 5.91 Å². The molecule has 5 heteroatoms. The molecule has 0 saturated heterocycles. The van der Waals surface area contributed by atoms with Crippen LogP contribution in [0.4, 0.5) is 8.78 Å². The number of nitrogens with one attached hydrogen (secondary N) is 1. The summed E-state index contributed by atoms with van der Waals surface area (Å²) in [7, 11) is 0. The highest BCUT2D eigenvalue weighted by atomic mass is 19.2. The second-order valence-corrected chi connectivity index (χ2v) is 4.43. The van der Waals surface area contributed by atoms with Crippen LogP contribution >= 0.6 is 0 Å². The molecule has 1 rings (SSSR count). The minimum Gasteiger partial charge on any atom is -0.396 e. The number of carbonyl (C=O) groups excluding carboxylic acids is 1. The van der Waals surface area contributed by atoms with Gasteiger partial charge < -0.3 is 10.4 Å². The first-order valence-corrected chi connectivity index (χ1v) is 6.41. The zero-order valence-electron chi connectivity index (χ0n) is 11.0. The third kappa shape index (κ3) is 5.34. The lowest BCUT2D eigenvalue weighted by Gasteiger charge is -2.15. The van der Waals surface area contributed by atoms with Gasteiger partial charge in [0.25, 0.3) is 0 Å². The van der Waals surface area contributed by atoms with E-state index in [9.17, 15) is 13.6 Å². The Balaban J connectivity index is 2.43. The largest absolute Gasteiger partial charge is 0.396 e. The van der Waals surface area contributed by atoms with E-state index in [1.54, 1.807) is 0 Å². The van der Waals surface area contributed by atoms with Gasteiger partial charge in [0.05, 0.1) is 0 Å². The predicted molar refractivity (Wildman–Crippen MR) is 68.6 cm³/mol. The summed E-state index contributed by atoms with van der Waals surface area (Å²) in [4.78, 5) is 11.7. The zero-order chi connectivity index (χ0) is 14.3. The van der Waals surface area contributed by atoms with Gasteiger partial charge >= 0.3 is 0 Å². The van der Waals surface area contributed by atoms with Gasteiger partial charge in [0.1, 0.15) is 0 Å². The Bertz CT molecular complexity index is 424. The SMILES string of the molecule is CCC(CCO)NC(=O)CCc1ccc(F)c(F)c1. The summed E-state index contributed by atoms with van der Waals surface area (Å²) >= 11 is 0. The molecular formula is C14H19F2NO2. The van der Waals surface area contributed by atoms with Crippen molar-refractivity contribution in [3.05, 3.63) is 35.4 Å². The maximum Gasteiger partial charge on any atom is 0.220 e. The molecule has 0 saturated carbocycles. The average Bonchev–Trinajstić information content (AvgIpc) is 2.39. The molecule has 0 radical (unpaired) electrons. The number of hydrogen-bond donors (Lipinski definition) is 2. The van der Waals surface area contributed by atoms with Gasteiger partial charge in [-0.15, -0.1) is 0 Å². The quantitative estimate of drug-likeness (QED) is 0.798. The van der Waals surface area contributed by atoms with Gasteiger partial charge in [-0.05, 0) is 37.0 Å². The van der Waals surface area contributed by atoms with Crippen molar-refractivity contribution in [2.24, 2.45) is 0 Å². The number of aliphatic hydroxyl groups is 1. The van der Waals surface area contributed by atoms with Crippen LogP contribution in [0, 0.1) is 11.6 Å². The van der Waals surface area contributed by atoms with Crippen LogP contribution in [-0.4, -0.2) is 23.7 Å². The molecule has 1 atom stereocenters. The highest BCUT2D eigenvalue weighted by Gasteiger charge is 2.10. The molecule has 0 spiro atoms. The van der Waals surface area contributed by atoms with Gasteiger partial charge in [0.2, 0.25) is 5.91 Å². The van der Waals surface area contributed by atoms with Crippen LogP contribution in [0.1, 0.15) is 31.7 Å². The van der Waals surface area contributed by atoms with Gasteiger partial charge in [-0.1, -0.05) is 13.0 Å². The van der Waals surface area contributed by atoms with Gasteiger partial charge in [-0.2, -0.15) is 0 Å². The van der Waals surface area contributed by atoms with Crippen LogP contribution in [0.15, 0.2) is 18.2 Å². The maximum absolute atomic E-state index is 13.0. The fourth-order valence-corrected chi connectivity index (χ4v) is 1.79. The first-order valence-electron chi connectivity index (χ1n) is 6.41. The van der Waals surface area contributed by atoms with Crippen molar-refractivity contribution in [2.45, 2.75) is 38.6 Å². The van der Waals surface area contributed by atoms with Crippen LogP contribution in [0.25, 0.3) is 0 Å². The monoisotopic (exact) mass is 271 g/mol. The van der Waals surface area contributed by atoms with Gasteiger partial charge in [0.15, 0.2) is 11.6 Å². The summed E-state index contributed by atoms with van der Waals surface area (Å²) in [5.74, 6) is -1.93. The van der Waals surface area contributed by atoms with Gasteiger partial charge in [-0.25, -0.2) is 8.78 Å². The molecular weight excluding hydrogens is 252 g/mol. The Morgan fingerprint density at radius 2 is 2.11 bits per heavy atom. The second-order valence-electron chi connectivity index (χ2n) is 4.43. The van der Waals surface area contributed by atoms with E-state index < -0.39 is 11.6 Å². The maximum atomic E-state index is 13.0. The Morgan fingerprint density at radius 1 is 1.37 bits per heavy atom. The van der Waals surface area contributed by atoms with E-state index in [2.05, 4.69) is 5.32 Å². The van der Waals surface area contributed by atoms with E-state index in [1.807, 2.05) is 6.92 Å². The highest BCUT2D eigenvalue weighted by Crippen LogP contribution is 2.10. The molecule has 1 unspecified atom stereocenters. The summed E-state index contributed by atoms with van der Waals surface area (Å²) in [6.45, 7) is 1.96. The minimum atomic E-state index is -0.898. The summed E-state index contributed by atoms with van der Waals surface area (Å²) in [6, 6.07) is 3.59. The van der Waals surface area contributed by atoms with E-state index in [4.69, 9.17) is 5.11 Å². The molecule has 106 valence electrons. The summed E-state index contributed by atoms with van der Waals surface area (Å²) in [5, 5.41) is 11.6. The number of benzene rings is 1. The van der Waals surface area contributed by atoms with Crippen molar-refractivity contribution < 1.29 is 18.7 Å². The lowest BCUT2D eigenvalue weighted by Crippen LogP contribution is -2.35. The molecule has 0 bridgehead atoms. The molecule has 0 aliphatic rings. The predicted octanol–water partition coefficient (Wildman–Crippen LogP) is 2.17. The third-order valence-electron chi connectivity index (χ3n) is 2.96. The fourth-order valence-electron chi connectivity index (χ4n) is 1.79. The average molecular weight is 271 g/mol. The molecule has 3 nitrogen and oxygen atoms in total. The summed E-state index contributed by atoms with van der Waals surface area (Å²) < 4.78 is 25.7. The second kappa shape index (κ2) is 7.84. The van der Waals surface area contributed by atoms with E-state index in [0.29, 0.717) is 18.4 Å². The van der Waals surface area contributed by atoms with E-state index >= 15 is 0 Å². The lowest BCUT2D eigenvalue weighted by atomic mass is 10.1. The molecule has 1 aromatic rings. The first-order chi connectivity index (χ1) is 9.06. The fraction of sp³-hybridized carbons (Fsp3) is 0.500. The molecule has 1 aromatic carbocycles. The Labute approximate surface area is 111 Å². The number of hydrogen-bond acceptors (Lipinski definition) is 2. The van der Waals surface area contributed by atoms with E-state index in [0.717, 1.165) is 18.6 Å². The number of halogens is 2. The standard InChI is InChI=1S/C14H19F2NO2/c1-2-11(7-8-18)17-14(19)6-4-10-3-5-12(15)13(16)9-10/h3,5,9,11,18H,2,4,6-8H2,1H3,(H,17,19). The molecule has 0 aliphatic heterocycles. The zero-order valence-corrected chi connectivity index (χ0v) is 11.0. The first kappa shape index (κ1) is 15.6. The number of aliphatic hydroxyl groups excluding tert-OH is 1. The summed E-state index contributed by atoms with van der Waals surface area (Å²) in [5.41, 5.74) is 0.587. The van der Waals surface area contributed by atoms with Crippen molar-refractivity contribution in [3.63, 3.8) is 0 Å². The Kier molecular flexibility index (Phi) is 6.42.